The molecule has 2 amide bonds. The van der Waals surface area contributed by atoms with E-state index >= 15 is 0 Å². The Morgan fingerprint density at radius 3 is 2.64 bits per heavy atom. The monoisotopic (exact) mass is 392 g/mol. The van der Waals surface area contributed by atoms with E-state index in [1.165, 1.54) is 6.26 Å². The van der Waals surface area contributed by atoms with Crippen LogP contribution in [0.5, 0.6) is 0 Å². The summed E-state index contributed by atoms with van der Waals surface area (Å²) in [6.45, 7) is 0.374. The van der Waals surface area contributed by atoms with Gasteiger partial charge in [-0.3, -0.25) is 9.59 Å². The third-order valence-corrected chi connectivity index (χ3v) is 5.61. The third kappa shape index (κ3) is 3.68. The fraction of sp³-hybridized carbons (Fsp3) is 0.182. The summed E-state index contributed by atoms with van der Waals surface area (Å²) in [6, 6.07) is 18.3. The average molecular weight is 392 g/mol. The Hall–Kier alpha value is -2.99. The highest BCUT2D eigenvalue weighted by Crippen LogP contribution is 2.27. The van der Waals surface area contributed by atoms with E-state index in [-0.39, 0.29) is 17.6 Å². The van der Waals surface area contributed by atoms with E-state index in [1.807, 2.05) is 54.8 Å². The molecule has 1 N–H and O–H groups in total. The molecule has 0 radical (unpaired) electrons. The number of anilines is 1. The standard InChI is InChI=1S/C22H20N2O3S/c1-28-18-9-4-8-17(13-18)23-21(25)19-12-15-6-2-3-7-16(15)14-24(19)22(26)20-10-5-11-27-20/h2-11,13,19H,12,14H2,1H3,(H,23,25). The zero-order chi connectivity index (χ0) is 19.5. The van der Waals surface area contributed by atoms with Crippen molar-refractivity contribution in [3.8, 4) is 0 Å². The molecular formula is C22H20N2O3S. The number of amides is 2. The minimum Gasteiger partial charge on any atom is -0.459 e. The molecule has 4 rings (SSSR count). The lowest BCUT2D eigenvalue weighted by Crippen LogP contribution is -2.50. The lowest BCUT2D eigenvalue weighted by Gasteiger charge is -2.35. The predicted molar refractivity (Wildman–Crippen MR) is 109 cm³/mol. The van der Waals surface area contributed by atoms with Gasteiger partial charge in [0.2, 0.25) is 5.91 Å². The van der Waals surface area contributed by atoms with Gasteiger partial charge in [-0.15, -0.1) is 11.8 Å². The summed E-state index contributed by atoms with van der Waals surface area (Å²) in [4.78, 5) is 28.8. The Morgan fingerprint density at radius 2 is 1.89 bits per heavy atom. The molecule has 0 aliphatic carbocycles. The van der Waals surface area contributed by atoms with Crippen molar-refractivity contribution in [2.24, 2.45) is 0 Å². The number of hydrogen-bond acceptors (Lipinski definition) is 4. The van der Waals surface area contributed by atoms with Gasteiger partial charge < -0.3 is 14.6 Å². The van der Waals surface area contributed by atoms with Crippen molar-refractivity contribution >= 4 is 29.3 Å². The summed E-state index contributed by atoms with van der Waals surface area (Å²) in [6.07, 6.45) is 3.92. The van der Waals surface area contributed by atoms with Crippen LogP contribution in [0.4, 0.5) is 5.69 Å². The average Bonchev–Trinajstić information content (AvgIpc) is 3.27. The minimum atomic E-state index is -0.606. The second kappa shape index (κ2) is 7.94. The first-order valence-electron chi connectivity index (χ1n) is 9.02. The summed E-state index contributed by atoms with van der Waals surface area (Å²) in [7, 11) is 0. The number of fused-ring (bicyclic) bond motifs is 1. The van der Waals surface area contributed by atoms with Crippen LogP contribution in [-0.4, -0.2) is 29.0 Å². The predicted octanol–water partition coefficient (Wildman–Crippen LogP) is 4.21. The maximum Gasteiger partial charge on any atom is 0.290 e. The summed E-state index contributed by atoms with van der Waals surface area (Å²) < 4.78 is 5.29. The molecule has 1 aliphatic heterocycles. The van der Waals surface area contributed by atoms with E-state index < -0.39 is 6.04 Å². The van der Waals surface area contributed by atoms with Gasteiger partial charge in [-0.05, 0) is 47.7 Å². The van der Waals surface area contributed by atoms with Crippen LogP contribution in [0, 0.1) is 0 Å². The van der Waals surface area contributed by atoms with E-state index in [4.69, 9.17) is 4.42 Å². The molecule has 0 spiro atoms. The number of carbonyl (C=O) groups excluding carboxylic acids is 2. The molecule has 0 saturated heterocycles. The molecule has 1 aliphatic rings. The van der Waals surface area contributed by atoms with Crippen molar-refractivity contribution in [2.45, 2.75) is 23.9 Å². The molecule has 6 heteroatoms. The first kappa shape index (κ1) is 18.4. The SMILES string of the molecule is CSc1cccc(NC(=O)C2Cc3ccccc3CN2C(=O)c2ccco2)c1. The Labute approximate surface area is 167 Å². The van der Waals surface area contributed by atoms with E-state index in [2.05, 4.69) is 5.32 Å². The number of carbonyl (C=O) groups is 2. The van der Waals surface area contributed by atoms with Gasteiger partial charge in [0.15, 0.2) is 5.76 Å². The third-order valence-electron chi connectivity index (χ3n) is 4.88. The van der Waals surface area contributed by atoms with Crippen LogP contribution < -0.4 is 5.32 Å². The smallest absolute Gasteiger partial charge is 0.290 e. The van der Waals surface area contributed by atoms with Crippen molar-refractivity contribution in [2.75, 3.05) is 11.6 Å². The Kier molecular flexibility index (Phi) is 5.21. The summed E-state index contributed by atoms with van der Waals surface area (Å²) in [5, 5.41) is 2.97. The maximum atomic E-state index is 13.1. The van der Waals surface area contributed by atoms with Crippen molar-refractivity contribution < 1.29 is 14.0 Å². The first-order chi connectivity index (χ1) is 13.7. The quantitative estimate of drug-likeness (QED) is 0.676. The Balaban J connectivity index is 1.63. The highest BCUT2D eigenvalue weighted by molar-refractivity contribution is 7.98. The Morgan fingerprint density at radius 1 is 1.07 bits per heavy atom. The van der Waals surface area contributed by atoms with Gasteiger partial charge in [0.1, 0.15) is 6.04 Å². The molecule has 1 unspecified atom stereocenters. The number of rotatable bonds is 4. The van der Waals surface area contributed by atoms with Crippen molar-refractivity contribution in [3.63, 3.8) is 0 Å². The fourth-order valence-corrected chi connectivity index (χ4v) is 3.90. The maximum absolute atomic E-state index is 13.1. The summed E-state index contributed by atoms with van der Waals surface area (Å²) >= 11 is 1.61. The lowest BCUT2D eigenvalue weighted by molar-refractivity contribution is -0.121. The number of nitrogens with zero attached hydrogens (tertiary/aromatic N) is 1. The number of furan rings is 1. The molecule has 3 aromatic rings. The van der Waals surface area contributed by atoms with Gasteiger partial charge >= 0.3 is 0 Å². The molecular weight excluding hydrogens is 372 g/mol. The molecule has 142 valence electrons. The van der Waals surface area contributed by atoms with Crippen molar-refractivity contribution in [1.29, 1.82) is 0 Å². The van der Waals surface area contributed by atoms with Gasteiger partial charge in [-0.25, -0.2) is 0 Å². The minimum absolute atomic E-state index is 0.201. The topological polar surface area (TPSA) is 62.6 Å². The van der Waals surface area contributed by atoms with Crippen LogP contribution in [0.15, 0.2) is 76.2 Å². The molecule has 0 saturated carbocycles. The summed E-state index contributed by atoms with van der Waals surface area (Å²) in [5.74, 6) is -0.244. The molecule has 2 heterocycles. The van der Waals surface area contributed by atoms with E-state index in [0.29, 0.717) is 13.0 Å². The molecule has 0 bridgehead atoms. The Bertz CT molecular complexity index is 1000. The van der Waals surface area contributed by atoms with Crippen LogP contribution >= 0.6 is 11.8 Å². The zero-order valence-corrected chi connectivity index (χ0v) is 16.2. The van der Waals surface area contributed by atoms with Crippen LogP contribution in [0.2, 0.25) is 0 Å². The lowest BCUT2D eigenvalue weighted by atomic mass is 9.93. The van der Waals surface area contributed by atoms with E-state index in [1.54, 1.807) is 28.8 Å². The second-order valence-electron chi connectivity index (χ2n) is 6.62. The second-order valence-corrected chi connectivity index (χ2v) is 7.50. The van der Waals surface area contributed by atoms with Crippen LogP contribution in [0.3, 0.4) is 0 Å². The van der Waals surface area contributed by atoms with Gasteiger partial charge in [-0.1, -0.05) is 30.3 Å². The van der Waals surface area contributed by atoms with Gasteiger partial charge in [-0.2, -0.15) is 0 Å². The molecule has 0 fully saturated rings. The van der Waals surface area contributed by atoms with Gasteiger partial charge in [0.05, 0.1) is 6.26 Å². The molecule has 1 aromatic heterocycles. The number of benzene rings is 2. The number of nitrogens with one attached hydrogen (secondary N) is 1. The zero-order valence-electron chi connectivity index (χ0n) is 15.4. The molecule has 28 heavy (non-hydrogen) atoms. The van der Waals surface area contributed by atoms with Crippen LogP contribution in [-0.2, 0) is 17.8 Å². The molecule has 5 nitrogen and oxygen atoms in total. The number of hydrogen-bond donors (Lipinski definition) is 1. The van der Waals surface area contributed by atoms with E-state index in [9.17, 15) is 9.59 Å². The summed E-state index contributed by atoms with van der Waals surface area (Å²) in [5.41, 5.74) is 2.86. The number of thioether (sulfide) groups is 1. The largest absolute Gasteiger partial charge is 0.459 e. The van der Waals surface area contributed by atoms with Crippen molar-refractivity contribution in [1.82, 2.24) is 4.90 Å². The normalized spacial score (nSPS) is 15.8. The fourth-order valence-electron chi connectivity index (χ4n) is 3.44. The van der Waals surface area contributed by atoms with Gasteiger partial charge in [0, 0.05) is 23.5 Å². The highest BCUT2D eigenvalue weighted by atomic mass is 32.2. The highest BCUT2D eigenvalue weighted by Gasteiger charge is 2.36. The first-order valence-corrected chi connectivity index (χ1v) is 10.2. The molecule has 2 aromatic carbocycles. The van der Waals surface area contributed by atoms with Crippen LogP contribution in [0.25, 0.3) is 0 Å². The van der Waals surface area contributed by atoms with E-state index in [0.717, 1.165) is 21.7 Å². The van der Waals surface area contributed by atoms with Gasteiger partial charge in [0.25, 0.3) is 5.91 Å². The van der Waals surface area contributed by atoms with Crippen LogP contribution in [0.1, 0.15) is 21.7 Å². The van der Waals surface area contributed by atoms with Crippen molar-refractivity contribution in [3.05, 3.63) is 83.8 Å². The molecule has 1 atom stereocenters.